The Morgan fingerprint density at radius 3 is 2.16 bits per heavy atom. The Bertz CT molecular complexity index is 1120. The molecule has 0 atom stereocenters. The van der Waals surface area contributed by atoms with Crippen molar-refractivity contribution in [2.24, 2.45) is 0 Å². The average Bonchev–Trinajstić information content (AvgIpc) is 3.03. The van der Waals surface area contributed by atoms with Crippen molar-refractivity contribution in [3.63, 3.8) is 0 Å². The van der Waals surface area contributed by atoms with Crippen molar-refractivity contribution >= 4 is 23.1 Å². The zero-order valence-electron chi connectivity index (χ0n) is 17.6. The number of aryl methyl sites for hydroxylation is 1. The Balaban J connectivity index is 1.65. The molecule has 0 aliphatic carbocycles. The van der Waals surface area contributed by atoms with Crippen LogP contribution in [-0.4, -0.2) is 30.4 Å². The number of rotatable bonds is 7. The summed E-state index contributed by atoms with van der Waals surface area (Å²) in [6.45, 7) is 2.31. The molecule has 31 heavy (non-hydrogen) atoms. The predicted molar refractivity (Wildman–Crippen MR) is 122 cm³/mol. The molecule has 5 heteroatoms. The Hall–Kier alpha value is -3.86. The highest BCUT2D eigenvalue weighted by Crippen LogP contribution is 2.31. The smallest absolute Gasteiger partial charge is 0.278 e. The van der Waals surface area contributed by atoms with E-state index in [4.69, 9.17) is 4.74 Å². The number of carbonyl (C=O) groups is 2. The number of nitrogens with zero attached hydrogens (tertiary/aromatic N) is 1. The van der Waals surface area contributed by atoms with Crippen LogP contribution in [0.2, 0.25) is 0 Å². The first-order chi connectivity index (χ1) is 15.1. The van der Waals surface area contributed by atoms with Gasteiger partial charge in [-0.05, 0) is 48.7 Å². The first kappa shape index (κ1) is 20.4. The second kappa shape index (κ2) is 8.88. The molecule has 3 aromatic carbocycles. The van der Waals surface area contributed by atoms with E-state index in [1.54, 1.807) is 7.11 Å². The normalized spacial score (nSPS) is 13.7. The summed E-state index contributed by atoms with van der Waals surface area (Å²) in [7, 11) is 1.60. The van der Waals surface area contributed by atoms with Gasteiger partial charge >= 0.3 is 0 Å². The van der Waals surface area contributed by atoms with Gasteiger partial charge < -0.3 is 10.1 Å². The van der Waals surface area contributed by atoms with Gasteiger partial charge in [0.25, 0.3) is 11.8 Å². The first-order valence-corrected chi connectivity index (χ1v) is 10.2. The molecule has 1 aliphatic rings. The van der Waals surface area contributed by atoms with E-state index in [1.807, 2.05) is 85.8 Å². The molecule has 156 valence electrons. The molecule has 0 bridgehead atoms. The lowest BCUT2D eigenvalue weighted by Crippen LogP contribution is -2.34. The monoisotopic (exact) mass is 412 g/mol. The molecule has 0 saturated heterocycles. The minimum atomic E-state index is -0.313. The number of nitrogens with one attached hydrogen (secondary N) is 1. The fourth-order valence-corrected chi connectivity index (χ4v) is 3.59. The molecule has 0 unspecified atom stereocenters. The van der Waals surface area contributed by atoms with Crippen LogP contribution in [0.25, 0.3) is 5.57 Å². The Morgan fingerprint density at radius 2 is 1.52 bits per heavy atom. The second-order valence-electron chi connectivity index (χ2n) is 7.47. The number of hydrogen-bond acceptors (Lipinski definition) is 4. The lowest BCUT2D eigenvalue weighted by Gasteiger charge is -2.15. The minimum Gasteiger partial charge on any atom is -0.497 e. The average molecular weight is 412 g/mol. The van der Waals surface area contributed by atoms with Crippen molar-refractivity contribution < 1.29 is 14.3 Å². The van der Waals surface area contributed by atoms with Gasteiger partial charge in [-0.2, -0.15) is 0 Å². The van der Waals surface area contributed by atoms with Gasteiger partial charge in [-0.1, -0.05) is 60.2 Å². The van der Waals surface area contributed by atoms with Crippen molar-refractivity contribution in [3.05, 3.63) is 101 Å². The number of anilines is 1. The number of ether oxygens (including phenoxy) is 1. The van der Waals surface area contributed by atoms with Crippen LogP contribution in [0.4, 0.5) is 5.69 Å². The molecule has 0 fully saturated rings. The van der Waals surface area contributed by atoms with Crippen molar-refractivity contribution in [3.8, 4) is 5.75 Å². The SMILES string of the molecule is COc1ccc(NC2=C(c3ccc(C)cc3)C(=O)N(CCc3ccccc3)C2=O)cc1. The third kappa shape index (κ3) is 4.36. The van der Waals surface area contributed by atoms with E-state index in [9.17, 15) is 9.59 Å². The third-order valence-electron chi connectivity index (χ3n) is 5.33. The summed E-state index contributed by atoms with van der Waals surface area (Å²) < 4.78 is 5.20. The van der Waals surface area contributed by atoms with Crippen LogP contribution in [-0.2, 0) is 16.0 Å². The van der Waals surface area contributed by atoms with Crippen LogP contribution < -0.4 is 10.1 Å². The van der Waals surface area contributed by atoms with Gasteiger partial charge in [-0.3, -0.25) is 14.5 Å². The summed E-state index contributed by atoms with van der Waals surface area (Å²) in [6.07, 6.45) is 0.606. The van der Waals surface area contributed by atoms with Crippen LogP contribution in [0, 0.1) is 6.92 Å². The predicted octanol–water partition coefficient (Wildman–Crippen LogP) is 4.44. The molecule has 0 radical (unpaired) electrons. The van der Waals surface area contributed by atoms with Crippen LogP contribution >= 0.6 is 0 Å². The topological polar surface area (TPSA) is 58.6 Å². The zero-order chi connectivity index (χ0) is 21.8. The second-order valence-corrected chi connectivity index (χ2v) is 7.47. The molecule has 1 aliphatic heterocycles. The lowest BCUT2D eigenvalue weighted by atomic mass is 10.0. The van der Waals surface area contributed by atoms with Crippen molar-refractivity contribution in [2.75, 3.05) is 19.0 Å². The lowest BCUT2D eigenvalue weighted by molar-refractivity contribution is -0.136. The molecular weight excluding hydrogens is 388 g/mol. The summed E-state index contributed by atoms with van der Waals surface area (Å²) in [5.41, 5.74) is 4.30. The van der Waals surface area contributed by atoms with Gasteiger partial charge in [0.2, 0.25) is 0 Å². The fraction of sp³-hybridized carbons (Fsp3) is 0.154. The Labute approximate surface area is 182 Å². The van der Waals surface area contributed by atoms with Gasteiger partial charge in [0.1, 0.15) is 11.4 Å². The van der Waals surface area contributed by atoms with Gasteiger partial charge in [0.15, 0.2) is 0 Å². The van der Waals surface area contributed by atoms with Crippen LogP contribution in [0.5, 0.6) is 5.75 Å². The van der Waals surface area contributed by atoms with E-state index in [-0.39, 0.29) is 11.8 Å². The summed E-state index contributed by atoms with van der Waals surface area (Å²) >= 11 is 0. The van der Waals surface area contributed by atoms with E-state index in [0.717, 1.165) is 22.4 Å². The van der Waals surface area contributed by atoms with Gasteiger partial charge in [-0.15, -0.1) is 0 Å². The minimum absolute atomic E-state index is 0.277. The summed E-state index contributed by atoms with van der Waals surface area (Å²) in [6, 6.07) is 24.8. The number of benzene rings is 3. The van der Waals surface area contributed by atoms with Crippen LogP contribution in [0.15, 0.2) is 84.6 Å². The molecule has 0 spiro atoms. The largest absolute Gasteiger partial charge is 0.497 e. The number of amides is 2. The van der Waals surface area contributed by atoms with Crippen LogP contribution in [0.1, 0.15) is 16.7 Å². The van der Waals surface area contributed by atoms with Gasteiger partial charge in [0.05, 0.1) is 12.7 Å². The highest BCUT2D eigenvalue weighted by Gasteiger charge is 2.38. The van der Waals surface area contributed by atoms with E-state index in [2.05, 4.69) is 5.32 Å². The highest BCUT2D eigenvalue weighted by atomic mass is 16.5. The van der Waals surface area contributed by atoms with Gasteiger partial charge in [-0.25, -0.2) is 0 Å². The number of imide groups is 1. The standard InChI is InChI=1S/C26H24N2O3/c1-18-8-10-20(11-9-18)23-24(27-21-12-14-22(31-2)15-13-21)26(30)28(25(23)29)17-16-19-6-4-3-5-7-19/h3-15,27H,16-17H2,1-2H3. The molecule has 4 rings (SSSR count). The quantitative estimate of drug-likeness (QED) is 0.583. The molecule has 3 aromatic rings. The fourth-order valence-electron chi connectivity index (χ4n) is 3.59. The Morgan fingerprint density at radius 1 is 0.839 bits per heavy atom. The van der Waals surface area contributed by atoms with E-state index in [0.29, 0.717) is 29.9 Å². The molecule has 2 amide bonds. The summed E-state index contributed by atoms with van der Waals surface area (Å²) in [4.78, 5) is 27.9. The third-order valence-corrected chi connectivity index (χ3v) is 5.33. The summed E-state index contributed by atoms with van der Waals surface area (Å²) in [5.74, 6) is 0.129. The molecule has 1 heterocycles. The molecule has 0 aromatic heterocycles. The van der Waals surface area contributed by atoms with Crippen molar-refractivity contribution in [1.82, 2.24) is 4.90 Å². The highest BCUT2D eigenvalue weighted by molar-refractivity contribution is 6.36. The van der Waals surface area contributed by atoms with Gasteiger partial charge in [0, 0.05) is 12.2 Å². The first-order valence-electron chi connectivity index (χ1n) is 10.2. The molecule has 0 saturated carbocycles. The maximum Gasteiger partial charge on any atom is 0.278 e. The number of carbonyl (C=O) groups excluding carboxylic acids is 2. The Kier molecular flexibility index (Phi) is 5.85. The molecule has 1 N–H and O–H groups in total. The van der Waals surface area contributed by atoms with Crippen LogP contribution in [0.3, 0.4) is 0 Å². The van der Waals surface area contributed by atoms with Crippen molar-refractivity contribution in [2.45, 2.75) is 13.3 Å². The summed E-state index contributed by atoms with van der Waals surface area (Å²) in [5, 5.41) is 3.18. The van der Waals surface area contributed by atoms with E-state index < -0.39 is 0 Å². The zero-order valence-corrected chi connectivity index (χ0v) is 17.6. The van der Waals surface area contributed by atoms with Crippen molar-refractivity contribution in [1.29, 1.82) is 0 Å². The van der Waals surface area contributed by atoms with E-state index >= 15 is 0 Å². The van der Waals surface area contributed by atoms with E-state index in [1.165, 1.54) is 4.90 Å². The maximum atomic E-state index is 13.3. The molecular formula is C26H24N2O3. The number of hydrogen-bond donors (Lipinski definition) is 1. The number of methoxy groups -OCH3 is 1. The maximum absolute atomic E-state index is 13.3. The molecule has 5 nitrogen and oxygen atoms in total.